The second-order valence-corrected chi connectivity index (χ2v) is 8.79. The highest BCUT2D eigenvalue weighted by Gasteiger charge is 2.29. The molecule has 0 aliphatic heterocycles. The molecule has 6 nitrogen and oxygen atoms in total. The third-order valence-corrected chi connectivity index (χ3v) is 6.26. The fourth-order valence-corrected chi connectivity index (χ4v) is 3.75. The molecular weight excluding hydrogens is 364 g/mol. The number of carbonyl (C=O) groups is 2. The summed E-state index contributed by atoms with van der Waals surface area (Å²) in [5, 5.41) is 5.61. The highest BCUT2D eigenvalue weighted by atomic mass is 32.2. The van der Waals surface area contributed by atoms with Crippen LogP contribution >= 0.6 is 0 Å². The molecule has 0 radical (unpaired) electrons. The molecular formula is C20H22N2O4S. The van der Waals surface area contributed by atoms with Crippen molar-refractivity contribution in [1.82, 2.24) is 5.32 Å². The smallest absolute Gasteiger partial charge is 0.252 e. The van der Waals surface area contributed by atoms with Gasteiger partial charge in [0.2, 0.25) is 5.91 Å². The number of rotatable bonds is 7. The molecule has 0 spiro atoms. The first-order valence-electron chi connectivity index (χ1n) is 8.90. The second-order valence-electron chi connectivity index (χ2n) is 6.54. The van der Waals surface area contributed by atoms with Crippen molar-refractivity contribution in [3.8, 4) is 0 Å². The molecule has 1 saturated carbocycles. The molecule has 2 amide bonds. The first kappa shape index (κ1) is 19.1. The van der Waals surface area contributed by atoms with Crippen LogP contribution < -0.4 is 10.6 Å². The Bertz CT molecular complexity index is 948. The lowest BCUT2D eigenvalue weighted by Gasteiger charge is -2.10. The van der Waals surface area contributed by atoms with Gasteiger partial charge in [0.25, 0.3) is 5.91 Å². The molecule has 0 heterocycles. The Hall–Kier alpha value is -2.67. The van der Waals surface area contributed by atoms with Crippen LogP contribution in [0.2, 0.25) is 0 Å². The van der Waals surface area contributed by atoms with Gasteiger partial charge >= 0.3 is 0 Å². The van der Waals surface area contributed by atoms with E-state index in [2.05, 4.69) is 10.6 Å². The predicted octanol–water partition coefficient (Wildman–Crippen LogP) is 2.76. The minimum Gasteiger partial charge on any atom is -0.348 e. The Morgan fingerprint density at radius 2 is 1.70 bits per heavy atom. The first-order valence-corrected chi connectivity index (χ1v) is 10.6. The molecule has 0 atom stereocenters. The molecule has 2 N–H and O–H groups in total. The Morgan fingerprint density at radius 1 is 1.04 bits per heavy atom. The average molecular weight is 386 g/mol. The molecule has 2 aromatic rings. The van der Waals surface area contributed by atoms with Gasteiger partial charge in [0.15, 0.2) is 9.84 Å². The van der Waals surface area contributed by atoms with E-state index in [1.54, 1.807) is 31.2 Å². The Morgan fingerprint density at radius 3 is 2.33 bits per heavy atom. The predicted molar refractivity (Wildman–Crippen MR) is 103 cm³/mol. The minimum absolute atomic E-state index is 0.0446. The van der Waals surface area contributed by atoms with E-state index in [1.807, 2.05) is 12.1 Å². The largest absolute Gasteiger partial charge is 0.348 e. The van der Waals surface area contributed by atoms with E-state index in [4.69, 9.17) is 0 Å². The van der Waals surface area contributed by atoms with E-state index in [0.29, 0.717) is 0 Å². The van der Waals surface area contributed by atoms with E-state index in [0.717, 1.165) is 24.1 Å². The van der Waals surface area contributed by atoms with Gasteiger partial charge in [-0.3, -0.25) is 9.59 Å². The third kappa shape index (κ3) is 4.74. The standard InChI is InChI=1S/C20H22N2O4S/c1-2-27(25,26)18-6-4-3-5-17(18)20(24)21-13-14-7-11-16(12-8-14)22-19(23)15-9-10-15/h3-8,11-12,15H,2,9-10,13H2,1H3,(H,21,24)(H,22,23). The van der Waals surface area contributed by atoms with Crippen molar-refractivity contribution in [1.29, 1.82) is 0 Å². The molecule has 2 aromatic carbocycles. The zero-order chi connectivity index (χ0) is 19.4. The summed E-state index contributed by atoms with van der Waals surface area (Å²) in [6, 6.07) is 13.4. The molecule has 7 heteroatoms. The summed E-state index contributed by atoms with van der Waals surface area (Å²) >= 11 is 0. The van der Waals surface area contributed by atoms with Crippen molar-refractivity contribution in [3.63, 3.8) is 0 Å². The topological polar surface area (TPSA) is 92.3 Å². The van der Waals surface area contributed by atoms with Gasteiger partial charge in [-0.05, 0) is 42.7 Å². The van der Waals surface area contributed by atoms with Crippen molar-refractivity contribution in [3.05, 3.63) is 59.7 Å². The first-order chi connectivity index (χ1) is 12.9. The summed E-state index contributed by atoms with van der Waals surface area (Å²) in [4.78, 5) is 24.3. The van der Waals surface area contributed by atoms with Gasteiger partial charge in [-0.2, -0.15) is 0 Å². The van der Waals surface area contributed by atoms with Gasteiger partial charge in [-0.1, -0.05) is 31.2 Å². The Kier molecular flexibility index (Phi) is 5.60. The number of hydrogen-bond acceptors (Lipinski definition) is 4. The van der Waals surface area contributed by atoms with Crippen LogP contribution in [0.15, 0.2) is 53.4 Å². The maximum Gasteiger partial charge on any atom is 0.252 e. The summed E-state index contributed by atoms with van der Waals surface area (Å²) < 4.78 is 24.3. The number of benzene rings is 2. The Labute approximate surface area is 158 Å². The molecule has 0 unspecified atom stereocenters. The zero-order valence-electron chi connectivity index (χ0n) is 15.1. The molecule has 0 aromatic heterocycles. The fraction of sp³-hybridized carbons (Fsp3) is 0.300. The van der Waals surface area contributed by atoms with Crippen LogP contribution in [0.4, 0.5) is 5.69 Å². The van der Waals surface area contributed by atoms with Crippen LogP contribution in [0, 0.1) is 5.92 Å². The lowest BCUT2D eigenvalue weighted by molar-refractivity contribution is -0.117. The average Bonchev–Trinajstić information content (AvgIpc) is 3.52. The van der Waals surface area contributed by atoms with Crippen molar-refractivity contribution in [2.45, 2.75) is 31.2 Å². The number of anilines is 1. The Balaban J connectivity index is 1.63. The lowest BCUT2D eigenvalue weighted by atomic mass is 10.1. The number of amides is 2. The lowest BCUT2D eigenvalue weighted by Crippen LogP contribution is -2.25. The van der Waals surface area contributed by atoms with Gasteiger partial charge in [0.1, 0.15) is 0 Å². The van der Waals surface area contributed by atoms with Crippen LogP contribution in [0.1, 0.15) is 35.7 Å². The highest BCUT2D eigenvalue weighted by molar-refractivity contribution is 7.91. The molecule has 1 aliphatic carbocycles. The van der Waals surface area contributed by atoms with Crippen LogP contribution in [0.25, 0.3) is 0 Å². The second kappa shape index (κ2) is 7.92. The van der Waals surface area contributed by atoms with E-state index in [1.165, 1.54) is 12.1 Å². The number of nitrogens with one attached hydrogen (secondary N) is 2. The van der Waals surface area contributed by atoms with Crippen molar-refractivity contribution in [2.75, 3.05) is 11.1 Å². The van der Waals surface area contributed by atoms with Crippen LogP contribution in [-0.4, -0.2) is 26.0 Å². The zero-order valence-corrected chi connectivity index (χ0v) is 15.9. The molecule has 1 aliphatic rings. The normalized spacial score (nSPS) is 13.8. The molecule has 0 saturated heterocycles. The van der Waals surface area contributed by atoms with Crippen LogP contribution in [0.3, 0.4) is 0 Å². The van der Waals surface area contributed by atoms with Gasteiger partial charge in [-0.15, -0.1) is 0 Å². The SMILES string of the molecule is CCS(=O)(=O)c1ccccc1C(=O)NCc1ccc(NC(=O)C2CC2)cc1. The van der Waals surface area contributed by atoms with Gasteiger partial charge in [-0.25, -0.2) is 8.42 Å². The monoisotopic (exact) mass is 386 g/mol. The summed E-state index contributed by atoms with van der Waals surface area (Å²) in [6.07, 6.45) is 1.90. The molecule has 3 rings (SSSR count). The van der Waals surface area contributed by atoms with Crippen LogP contribution in [0.5, 0.6) is 0 Å². The third-order valence-electron chi connectivity index (χ3n) is 4.47. The maximum absolute atomic E-state index is 12.5. The summed E-state index contributed by atoms with van der Waals surface area (Å²) in [7, 11) is -3.48. The van der Waals surface area contributed by atoms with Crippen molar-refractivity contribution >= 4 is 27.3 Å². The molecule has 1 fully saturated rings. The van der Waals surface area contributed by atoms with Gasteiger partial charge < -0.3 is 10.6 Å². The van der Waals surface area contributed by atoms with Crippen molar-refractivity contribution in [2.24, 2.45) is 5.92 Å². The summed E-state index contributed by atoms with van der Waals surface area (Å²) in [6.45, 7) is 1.81. The summed E-state index contributed by atoms with van der Waals surface area (Å²) in [5.41, 5.74) is 1.72. The quantitative estimate of drug-likeness (QED) is 0.765. The van der Waals surface area contributed by atoms with E-state index in [9.17, 15) is 18.0 Å². The molecule has 0 bridgehead atoms. The minimum atomic E-state index is -3.48. The van der Waals surface area contributed by atoms with Gasteiger partial charge in [0, 0.05) is 18.2 Å². The van der Waals surface area contributed by atoms with E-state index in [-0.39, 0.29) is 34.6 Å². The van der Waals surface area contributed by atoms with Crippen LogP contribution in [-0.2, 0) is 21.2 Å². The maximum atomic E-state index is 12.5. The number of hydrogen-bond donors (Lipinski definition) is 2. The molecule has 142 valence electrons. The number of carbonyl (C=O) groups excluding carboxylic acids is 2. The summed E-state index contributed by atoms with van der Waals surface area (Å²) in [5.74, 6) is -0.312. The molecule has 27 heavy (non-hydrogen) atoms. The van der Waals surface area contributed by atoms with E-state index < -0.39 is 15.7 Å². The fourth-order valence-electron chi connectivity index (χ4n) is 2.65. The van der Waals surface area contributed by atoms with E-state index >= 15 is 0 Å². The van der Waals surface area contributed by atoms with Gasteiger partial charge in [0.05, 0.1) is 16.2 Å². The highest BCUT2D eigenvalue weighted by Crippen LogP contribution is 2.30. The van der Waals surface area contributed by atoms with Crippen molar-refractivity contribution < 1.29 is 18.0 Å². The number of sulfone groups is 1.